The number of carbonyl (C=O) groups is 4. The Kier molecular flexibility index (Phi) is 5.63. The van der Waals surface area contributed by atoms with Crippen LogP contribution in [0.3, 0.4) is 0 Å². The first-order chi connectivity index (χ1) is 15.2. The molecule has 0 aliphatic carbocycles. The maximum absolute atomic E-state index is 13.4. The van der Waals surface area contributed by atoms with Gasteiger partial charge in [-0.15, -0.1) is 11.3 Å². The molecule has 2 amide bonds. The van der Waals surface area contributed by atoms with E-state index in [1.807, 2.05) is 0 Å². The molecule has 3 heterocycles. The third-order valence-electron chi connectivity index (χ3n) is 5.05. The molecule has 1 aliphatic heterocycles. The number of thiophene rings is 1. The Bertz CT molecular complexity index is 1270. The number of benzene rings is 1. The highest BCUT2D eigenvalue weighted by Crippen LogP contribution is 2.39. The average molecular weight is 460 g/mol. The zero-order chi connectivity index (χ0) is 23.0. The number of carboxylic acid groups (broad SMARTS) is 2. The van der Waals surface area contributed by atoms with Gasteiger partial charge in [0.1, 0.15) is 16.5 Å². The van der Waals surface area contributed by atoms with Crippen LogP contribution in [-0.4, -0.2) is 52.0 Å². The van der Waals surface area contributed by atoms with Crippen LogP contribution in [0.2, 0.25) is 0 Å². The predicted molar refractivity (Wildman–Crippen MR) is 113 cm³/mol. The topological polar surface area (TPSA) is 161 Å². The number of halogens is 1. The number of aromatic carboxylic acids is 1. The molecule has 32 heavy (non-hydrogen) atoms. The van der Waals surface area contributed by atoms with Crippen molar-refractivity contribution >= 4 is 51.0 Å². The highest BCUT2D eigenvalue weighted by molar-refractivity contribution is 7.17. The van der Waals surface area contributed by atoms with E-state index in [9.17, 15) is 28.7 Å². The molecular formula is C20H17FN4O6S. The summed E-state index contributed by atoms with van der Waals surface area (Å²) in [5.74, 6) is -5.18. The lowest BCUT2D eigenvalue weighted by molar-refractivity contribution is -0.147. The van der Waals surface area contributed by atoms with E-state index >= 15 is 0 Å². The molecule has 0 saturated carbocycles. The van der Waals surface area contributed by atoms with E-state index < -0.39 is 35.6 Å². The van der Waals surface area contributed by atoms with E-state index in [1.165, 1.54) is 24.3 Å². The lowest BCUT2D eigenvalue weighted by atomic mass is 9.99. The summed E-state index contributed by atoms with van der Waals surface area (Å²) in [6.07, 6.45) is 0.369. The number of hydrogen-bond acceptors (Lipinski definition) is 6. The summed E-state index contributed by atoms with van der Waals surface area (Å²) < 4.78 is 13.4. The third kappa shape index (κ3) is 4.05. The summed E-state index contributed by atoms with van der Waals surface area (Å²) in [5.41, 5.74) is 1.20. The van der Waals surface area contributed by atoms with E-state index in [0.29, 0.717) is 34.3 Å². The number of aliphatic carboxylic acids is 1. The van der Waals surface area contributed by atoms with Gasteiger partial charge in [-0.3, -0.25) is 9.59 Å². The molecule has 0 bridgehead atoms. The van der Waals surface area contributed by atoms with Gasteiger partial charge < -0.3 is 31.1 Å². The van der Waals surface area contributed by atoms with Crippen molar-refractivity contribution in [1.82, 2.24) is 15.6 Å². The molecule has 1 atom stereocenters. The van der Waals surface area contributed by atoms with Crippen LogP contribution in [0.1, 0.15) is 37.3 Å². The molecule has 0 unspecified atom stereocenters. The number of aromatic nitrogens is 1. The second kappa shape index (κ2) is 8.40. The third-order valence-corrected chi connectivity index (χ3v) is 6.31. The molecule has 166 valence electrons. The second-order valence-corrected chi connectivity index (χ2v) is 8.15. The van der Waals surface area contributed by atoms with Crippen molar-refractivity contribution in [2.24, 2.45) is 0 Å². The number of carboxylic acids is 2. The van der Waals surface area contributed by atoms with Crippen molar-refractivity contribution in [3.05, 3.63) is 51.8 Å². The zero-order valence-electron chi connectivity index (χ0n) is 16.3. The number of H-pyrrole nitrogens is 1. The van der Waals surface area contributed by atoms with Crippen LogP contribution in [0.5, 0.6) is 0 Å². The van der Waals surface area contributed by atoms with Gasteiger partial charge in [0.05, 0.1) is 11.6 Å². The van der Waals surface area contributed by atoms with Crippen molar-refractivity contribution in [1.29, 1.82) is 0 Å². The maximum Gasteiger partial charge on any atom is 0.394 e. The fourth-order valence-electron chi connectivity index (χ4n) is 3.63. The number of carbonyl (C=O) groups excluding carboxylic acids is 2. The average Bonchev–Trinajstić information content (AvgIpc) is 3.32. The van der Waals surface area contributed by atoms with Gasteiger partial charge in [-0.1, -0.05) is 0 Å². The molecule has 0 saturated heterocycles. The quantitative estimate of drug-likeness (QED) is 0.316. The van der Waals surface area contributed by atoms with Crippen molar-refractivity contribution < 1.29 is 33.8 Å². The smallest absolute Gasteiger partial charge is 0.394 e. The van der Waals surface area contributed by atoms with E-state index in [-0.39, 0.29) is 22.8 Å². The molecule has 0 spiro atoms. The highest BCUT2D eigenvalue weighted by Gasteiger charge is 2.31. The summed E-state index contributed by atoms with van der Waals surface area (Å²) in [5, 5.41) is 27.0. The van der Waals surface area contributed by atoms with Crippen molar-refractivity contribution in [3.63, 3.8) is 0 Å². The lowest BCUT2D eigenvalue weighted by Gasteiger charge is -2.24. The summed E-state index contributed by atoms with van der Waals surface area (Å²) in [6, 6.07) is 5.21. The van der Waals surface area contributed by atoms with Crippen molar-refractivity contribution in [2.45, 2.75) is 12.5 Å². The van der Waals surface area contributed by atoms with Crippen molar-refractivity contribution in [3.8, 4) is 0 Å². The van der Waals surface area contributed by atoms with Crippen LogP contribution >= 0.6 is 11.3 Å². The van der Waals surface area contributed by atoms with E-state index in [4.69, 9.17) is 5.11 Å². The van der Waals surface area contributed by atoms with Gasteiger partial charge in [-0.2, -0.15) is 0 Å². The minimum atomic E-state index is -1.73. The Morgan fingerprint density at radius 2 is 1.97 bits per heavy atom. The highest BCUT2D eigenvalue weighted by atomic mass is 32.1. The van der Waals surface area contributed by atoms with E-state index in [2.05, 4.69) is 20.9 Å². The molecule has 6 N–H and O–H groups in total. The number of aromatic amines is 1. The van der Waals surface area contributed by atoms with Crippen LogP contribution in [0, 0.1) is 5.82 Å². The maximum atomic E-state index is 13.4. The number of fused-ring (bicyclic) bond motifs is 2. The molecule has 1 aromatic carbocycles. The minimum absolute atomic E-state index is 0.0624. The molecule has 0 fully saturated rings. The Balaban J connectivity index is 1.54. The fourth-order valence-corrected chi connectivity index (χ4v) is 4.94. The number of amides is 2. The monoisotopic (exact) mass is 460 g/mol. The first-order valence-corrected chi connectivity index (χ1v) is 10.3. The van der Waals surface area contributed by atoms with E-state index in [1.54, 1.807) is 0 Å². The molecule has 4 rings (SSSR count). The Morgan fingerprint density at radius 1 is 1.19 bits per heavy atom. The predicted octanol–water partition coefficient (Wildman–Crippen LogP) is 1.71. The van der Waals surface area contributed by atoms with Gasteiger partial charge in [0.2, 0.25) is 0 Å². The standard InChI is InChI=1S/C20H17FN4O6S/c21-9-1-2-11-8(5-9)6-12(24-11)16(26)23-7-13-15-10(3-4-22-13)14(19(28)29)18(32-15)25-17(27)20(30)31/h1-2,5-6,13,22,24H,3-4,7H2,(H,23,26)(H,25,27)(H,28,29)(H,30,31)/t13-/m0/s1. The number of hydrogen-bond donors (Lipinski definition) is 6. The summed E-state index contributed by atoms with van der Waals surface area (Å²) in [6.45, 7) is 0.546. The number of rotatable bonds is 5. The molecule has 0 radical (unpaired) electrons. The van der Waals surface area contributed by atoms with Crippen LogP contribution in [0.25, 0.3) is 10.9 Å². The Morgan fingerprint density at radius 3 is 2.69 bits per heavy atom. The van der Waals surface area contributed by atoms with Crippen molar-refractivity contribution in [2.75, 3.05) is 18.4 Å². The number of anilines is 1. The molecular weight excluding hydrogens is 443 g/mol. The zero-order valence-corrected chi connectivity index (χ0v) is 17.1. The second-order valence-electron chi connectivity index (χ2n) is 7.09. The van der Waals surface area contributed by atoms with Gasteiger partial charge in [-0.05, 0) is 42.8 Å². The number of nitrogens with one attached hydrogen (secondary N) is 4. The summed E-state index contributed by atoms with van der Waals surface area (Å²) in [7, 11) is 0. The summed E-state index contributed by atoms with van der Waals surface area (Å²) >= 11 is 0.958. The van der Waals surface area contributed by atoms with Crippen LogP contribution in [0.4, 0.5) is 9.39 Å². The van der Waals surface area contributed by atoms with Crippen LogP contribution in [-0.2, 0) is 16.0 Å². The van der Waals surface area contributed by atoms with Gasteiger partial charge >= 0.3 is 17.8 Å². The first-order valence-electron chi connectivity index (χ1n) is 9.47. The molecule has 1 aliphatic rings. The first kappa shape index (κ1) is 21.5. The Hall–Kier alpha value is -3.77. The summed E-state index contributed by atoms with van der Waals surface area (Å²) in [4.78, 5) is 50.2. The van der Waals surface area contributed by atoms with Crippen LogP contribution < -0.4 is 16.0 Å². The largest absolute Gasteiger partial charge is 0.478 e. The van der Waals surface area contributed by atoms with Gasteiger partial charge in [0.15, 0.2) is 0 Å². The molecule has 10 nitrogen and oxygen atoms in total. The SMILES string of the molecule is O=C(O)C(=O)Nc1sc2c(c1C(=O)O)CCN[C@H]2CNC(=O)c1cc2cc(F)ccc2[nH]1. The fraction of sp³-hybridized carbons (Fsp3) is 0.200. The van der Waals surface area contributed by atoms with Gasteiger partial charge in [0.25, 0.3) is 5.91 Å². The molecule has 2 aromatic heterocycles. The minimum Gasteiger partial charge on any atom is -0.478 e. The van der Waals surface area contributed by atoms with Crippen LogP contribution in [0.15, 0.2) is 24.3 Å². The van der Waals surface area contributed by atoms with Gasteiger partial charge in [-0.25, -0.2) is 14.0 Å². The lowest BCUT2D eigenvalue weighted by Crippen LogP contribution is -2.38. The Labute approximate surface area is 183 Å². The van der Waals surface area contributed by atoms with Gasteiger partial charge in [0, 0.05) is 22.3 Å². The molecule has 3 aromatic rings. The molecule has 12 heteroatoms. The van der Waals surface area contributed by atoms with E-state index in [0.717, 1.165) is 11.3 Å². The normalized spacial score (nSPS) is 15.2.